The van der Waals surface area contributed by atoms with Crippen LogP contribution in [0.25, 0.3) is 0 Å². The van der Waals surface area contributed by atoms with Gasteiger partial charge in [0.05, 0.1) is 5.69 Å². The zero-order chi connectivity index (χ0) is 12.3. The average Bonchev–Trinajstić information content (AvgIpc) is 2.72. The van der Waals surface area contributed by atoms with Crippen LogP contribution in [0.3, 0.4) is 0 Å². The summed E-state index contributed by atoms with van der Waals surface area (Å²) >= 11 is 3.32. The van der Waals surface area contributed by atoms with Gasteiger partial charge in [-0.15, -0.1) is 0 Å². The Labute approximate surface area is 108 Å². The average molecular weight is 298 g/mol. The molecule has 3 nitrogen and oxygen atoms in total. The van der Waals surface area contributed by atoms with Crippen LogP contribution in [0.1, 0.15) is 13.3 Å². The molecule has 1 aromatic carbocycles. The van der Waals surface area contributed by atoms with E-state index in [0.29, 0.717) is 11.6 Å². The van der Waals surface area contributed by atoms with Gasteiger partial charge >= 0.3 is 0 Å². The van der Waals surface area contributed by atoms with E-state index in [1.807, 2.05) is 10.8 Å². The van der Waals surface area contributed by atoms with E-state index in [4.69, 9.17) is 0 Å². The van der Waals surface area contributed by atoms with E-state index in [1.54, 1.807) is 18.3 Å². The quantitative estimate of drug-likeness (QED) is 0.926. The highest BCUT2D eigenvalue weighted by atomic mass is 79.9. The maximum atomic E-state index is 13.6. The van der Waals surface area contributed by atoms with Crippen molar-refractivity contribution in [1.29, 1.82) is 0 Å². The Balaban J connectivity index is 2.25. The molecule has 5 heteroatoms. The van der Waals surface area contributed by atoms with Crippen molar-refractivity contribution in [2.24, 2.45) is 0 Å². The van der Waals surface area contributed by atoms with Crippen LogP contribution >= 0.6 is 15.9 Å². The summed E-state index contributed by atoms with van der Waals surface area (Å²) in [6, 6.07) is 4.78. The molecular formula is C12H13BrFN3. The van der Waals surface area contributed by atoms with Crippen LogP contribution in [0.4, 0.5) is 16.0 Å². The Bertz CT molecular complexity index is 510. The highest BCUT2D eigenvalue weighted by Gasteiger charge is 2.06. The van der Waals surface area contributed by atoms with Crippen LogP contribution in [0.2, 0.25) is 0 Å². The van der Waals surface area contributed by atoms with Gasteiger partial charge in [0, 0.05) is 23.4 Å². The number of benzene rings is 1. The number of nitrogens with one attached hydrogen (secondary N) is 1. The molecule has 1 heterocycles. The Hall–Kier alpha value is -1.36. The van der Waals surface area contributed by atoms with Crippen LogP contribution < -0.4 is 5.32 Å². The van der Waals surface area contributed by atoms with Gasteiger partial charge in [0.25, 0.3) is 0 Å². The fraction of sp³-hybridized carbons (Fsp3) is 0.250. The summed E-state index contributed by atoms with van der Waals surface area (Å²) in [6.45, 7) is 2.95. The summed E-state index contributed by atoms with van der Waals surface area (Å²) < 4.78 is 16.3. The summed E-state index contributed by atoms with van der Waals surface area (Å²) in [4.78, 5) is 4.17. The molecule has 90 valence electrons. The molecule has 0 aliphatic heterocycles. The van der Waals surface area contributed by atoms with E-state index in [2.05, 4.69) is 33.2 Å². The molecule has 0 amide bonds. The molecule has 1 N–H and O–H groups in total. The smallest absolute Gasteiger partial charge is 0.207 e. The lowest BCUT2D eigenvalue weighted by atomic mass is 10.3. The van der Waals surface area contributed by atoms with Gasteiger partial charge < -0.3 is 9.88 Å². The summed E-state index contributed by atoms with van der Waals surface area (Å²) in [5.74, 6) is 0.364. The van der Waals surface area contributed by atoms with Crippen molar-refractivity contribution >= 4 is 27.6 Å². The van der Waals surface area contributed by atoms with E-state index in [0.717, 1.165) is 17.4 Å². The van der Waals surface area contributed by atoms with Crippen molar-refractivity contribution in [3.8, 4) is 0 Å². The van der Waals surface area contributed by atoms with Crippen LogP contribution in [-0.4, -0.2) is 9.55 Å². The molecule has 0 saturated carbocycles. The maximum absolute atomic E-state index is 13.6. The molecule has 1 aromatic heterocycles. The zero-order valence-electron chi connectivity index (χ0n) is 9.45. The first-order valence-corrected chi connectivity index (χ1v) is 6.23. The number of aromatic nitrogens is 2. The van der Waals surface area contributed by atoms with E-state index in [9.17, 15) is 4.39 Å². The predicted octanol–water partition coefficient (Wildman–Crippen LogP) is 3.94. The van der Waals surface area contributed by atoms with Gasteiger partial charge in [-0.1, -0.05) is 22.9 Å². The number of aryl methyl sites for hydroxylation is 1. The van der Waals surface area contributed by atoms with Crippen molar-refractivity contribution in [2.75, 3.05) is 5.32 Å². The first-order chi connectivity index (χ1) is 8.20. The van der Waals surface area contributed by atoms with Crippen molar-refractivity contribution in [3.63, 3.8) is 0 Å². The number of hydrogen-bond donors (Lipinski definition) is 1. The molecule has 0 bridgehead atoms. The highest BCUT2D eigenvalue weighted by molar-refractivity contribution is 9.10. The maximum Gasteiger partial charge on any atom is 0.207 e. The van der Waals surface area contributed by atoms with E-state index in [1.165, 1.54) is 6.07 Å². The van der Waals surface area contributed by atoms with Gasteiger partial charge in [0.15, 0.2) is 0 Å². The standard InChI is InChI=1S/C12H13BrFN3/c1-2-6-17-7-5-15-12(17)16-11-8-9(13)3-4-10(11)14/h3-5,7-8H,2,6H2,1H3,(H,15,16). The Kier molecular flexibility index (Phi) is 3.78. The van der Waals surface area contributed by atoms with Crippen molar-refractivity contribution in [2.45, 2.75) is 19.9 Å². The normalized spacial score (nSPS) is 10.5. The molecule has 0 atom stereocenters. The van der Waals surface area contributed by atoms with Gasteiger partial charge in [-0.25, -0.2) is 9.37 Å². The number of halogens is 2. The molecule has 0 saturated heterocycles. The number of hydrogen-bond acceptors (Lipinski definition) is 2. The minimum Gasteiger partial charge on any atom is -0.323 e. The van der Waals surface area contributed by atoms with Gasteiger partial charge in [0.1, 0.15) is 5.82 Å². The van der Waals surface area contributed by atoms with Crippen molar-refractivity contribution in [1.82, 2.24) is 9.55 Å². The summed E-state index contributed by atoms with van der Waals surface area (Å²) in [6.07, 6.45) is 4.58. The topological polar surface area (TPSA) is 29.9 Å². The molecule has 0 fully saturated rings. The van der Waals surface area contributed by atoms with E-state index >= 15 is 0 Å². The van der Waals surface area contributed by atoms with E-state index in [-0.39, 0.29) is 5.82 Å². The Morgan fingerprint density at radius 3 is 3.06 bits per heavy atom. The largest absolute Gasteiger partial charge is 0.323 e. The number of rotatable bonds is 4. The van der Waals surface area contributed by atoms with Crippen LogP contribution in [0.5, 0.6) is 0 Å². The zero-order valence-corrected chi connectivity index (χ0v) is 11.0. The predicted molar refractivity (Wildman–Crippen MR) is 69.9 cm³/mol. The minimum absolute atomic E-state index is 0.292. The Morgan fingerprint density at radius 2 is 2.29 bits per heavy atom. The summed E-state index contributed by atoms with van der Waals surface area (Å²) in [5, 5.41) is 2.99. The molecule has 2 rings (SSSR count). The summed E-state index contributed by atoms with van der Waals surface area (Å²) in [5.41, 5.74) is 0.419. The second-order valence-electron chi connectivity index (χ2n) is 3.69. The molecular weight excluding hydrogens is 285 g/mol. The Morgan fingerprint density at radius 1 is 1.47 bits per heavy atom. The van der Waals surface area contributed by atoms with Gasteiger partial charge in [-0.2, -0.15) is 0 Å². The fourth-order valence-electron chi connectivity index (χ4n) is 1.57. The molecule has 2 aromatic rings. The monoisotopic (exact) mass is 297 g/mol. The highest BCUT2D eigenvalue weighted by Crippen LogP contribution is 2.23. The van der Waals surface area contributed by atoms with Crippen LogP contribution in [0, 0.1) is 5.82 Å². The molecule has 0 radical (unpaired) electrons. The third-order valence-electron chi connectivity index (χ3n) is 2.35. The molecule has 17 heavy (non-hydrogen) atoms. The second-order valence-corrected chi connectivity index (χ2v) is 4.61. The van der Waals surface area contributed by atoms with Crippen molar-refractivity contribution < 1.29 is 4.39 Å². The fourth-order valence-corrected chi connectivity index (χ4v) is 1.93. The van der Waals surface area contributed by atoms with Gasteiger partial charge in [-0.3, -0.25) is 0 Å². The summed E-state index contributed by atoms with van der Waals surface area (Å²) in [7, 11) is 0. The van der Waals surface area contributed by atoms with Gasteiger partial charge in [0.2, 0.25) is 5.95 Å². The number of anilines is 2. The number of imidazole rings is 1. The second kappa shape index (κ2) is 5.31. The first kappa shape index (κ1) is 12.1. The third kappa shape index (κ3) is 2.85. The van der Waals surface area contributed by atoms with Gasteiger partial charge in [-0.05, 0) is 24.6 Å². The van der Waals surface area contributed by atoms with Crippen LogP contribution in [0.15, 0.2) is 35.1 Å². The first-order valence-electron chi connectivity index (χ1n) is 5.44. The minimum atomic E-state index is -0.292. The number of nitrogens with zero attached hydrogens (tertiary/aromatic N) is 2. The SMILES string of the molecule is CCCn1ccnc1Nc1cc(Br)ccc1F. The van der Waals surface area contributed by atoms with Crippen LogP contribution in [-0.2, 0) is 6.54 Å². The van der Waals surface area contributed by atoms with Crippen molar-refractivity contribution in [3.05, 3.63) is 40.9 Å². The lowest BCUT2D eigenvalue weighted by Gasteiger charge is -2.09. The molecule has 0 aliphatic rings. The molecule has 0 spiro atoms. The third-order valence-corrected chi connectivity index (χ3v) is 2.85. The molecule has 0 unspecified atom stereocenters. The molecule has 0 aliphatic carbocycles. The van der Waals surface area contributed by atoms with E-state index < -0.39 is 0 Å². The lowest BCUT2D eigenvalue weighted by Crippen LogP contribution is -2.03. The lowest BCUT2D eigenvalue weighted by molar-refractivity contribution is 0.630.